The van der Waals surface area contributed by atoms with Crippen LogP contribution in [0.25, 0.3) is 11.2 Å². The van der Waals surface area contributed by atoms with Crippen molar-refractivity contribution in [3.8, 4) is 0 Å². The van der Waals surface area contributed by atoms with Gasteiger partial charge in [0.15, 0.2) is 11.5 Å². The van der Waals surface area contributed by atoms with Gasteiger partial charge in [0.25, 0.3) is 0 Å². The molecule has 0 spiro atoms. The Morgan fingerprint density at radius 3 is 3.22 bits per heavy atom. The number of nitrogens with zero attached hydrogens (tertiary/aromatic N) is 3. The van der Waals surface area contributed by atoms with Crippen molar-refractivity contribution in [2.24, 2.45) is 0 Å². The van der Waals surface area contributed by atoms with Gasteiger partial charge in [0.05, 0.1) is 12.4 Å². The first-order chi connectivity index (χ1) is 8.93. The minimum atomic E-state index is 0.394. The van der Waals surface area contributed by atoms with Gasteiger partial charge in [-0.3, -0.25) is 0 Å². The predicted molar refractivity (Wildman–Crippen MR) is 68.4 cm³/mol. The Labute approximate surface area is 105 Å². The van der Waals surface area contributed by atoms with Crippen molar-refractivity contribution in [1.29, 1.82) is 0 Å². The SMILES string of the molecule is c1nc(NCCC2CCCCO2)c2[nH]cnc2n1. The number of hydrogen-bond acceptors (Lipinski definition) is 5. The zero-order valence-electron chi connectivity index (χ0n) is 10.2. The van der Waals surface area contributed by atoms with E-state index < -0.39 is 0 Å². The second kappa shape index (κ2) is 5.30. The molecular formula is C12H17N5O. The van der Waals surface area contributed by atoms with Crippen molar-refractivity contribution in [2.45, 2.75) is 31.8 Å². The number of imidazole rings is 1. The zero-order chi connectivity index (χ0) is 12.2. The number of fused-ring (bicyclic) bond motifs is 1. The molecule has 2 aromatic rings. The van der Waals surface area contributed by atoms with Gasteiger partial charge < -0.3 is 15.0 Å². The van der Waals surface area contributed by atoms with Crippen molar-refractivity contribution in [2.75, 3.05) is 18.5 Å². The van der Waals surface area contributed by atoms with Gasteiger partial charge in [-0.2, -0.15) is 0 Å². The van der Waals surface area contributed by atoms with Crippen LogP contribution in [-0.2, 0) is 4.74 Å². The first kappa shape index (κ1) is 11.4. The van der Waals surface area contributed by atoms with Crippen LogP contribution in [0.3, 0.4) is 0 Å². The summed E-state index contributed by atoms with van der Waals surface area (Å²) in [6.07, 6.45) is 8.22. The van der Waals surface area contributed by atoms with Gasteiger partial charge >= 0.3 is 0 Å². The lowest BCUT2D eigenvalue weighted by Gasteiger charge is -2.22. The predicted octanol–water partition coefficient (Wildman–Crippen LogP) is 1.72. The van der Waals surface area contributed by atoms with Gasteiger partial charge in [-0.15, -0.1) is 0 Å². The molecule has 18 heavy (non-hydrogen) atoms. The summed E-state index contributed by atoms with van der Waals surface area (Å²) in [5.74, 6) is 0.813. The van der Waals surface area contributed by atoms with Crippen molar-refractivity contribution in [3.05, 3.63) is 12.7 Å². The Kier molecular flexibility index (Phi) is 3.36. The maximum atomic E-state index is 5.70. The summed E-state index contributed by atoms with van der Waals surface area (Å²) >= 11 is 0. The second-order valence-corrected chi connectivity index (χ2v) is 4.53. The fourth-order valence-electron chi connectivity index (χ4n) is 2.29. The molecule has 96 valence electrons. The third kappa shape index (κ3) is 2.43. The first-order valence-corrected chi connectivity index (χ1v) is 6.43. The molecule has 1 saturated heterocycles. The lowest BCUT2D eigenvalue weighted by atomic mass is 10.1. The maximum absolute atomic E-state index is 5.70. The molecule has 0 aliphatic carbocycles. The molecule has 0 saturated carbocycles. The van der Waals surface area contributed by atoms with Crippen LogP contribution in [0, 0.1) is 0 Å². The molecule has 1 atom stereocenters. The van der Waals surface area contributed by atoms with Gasteiger partial charge in [0.1, 0.15) is 11.8 Å². The summed E-state index contributed by atoms with van der Waals surface area (Å²) in [7, 11) is 0. The highest BCUT2D eigenvalue weighted by Gasteiger charge is 2.13. The Hall–Kier alpha value is -1.69. The van der Waals surface area contributed by atoms with E-state index in [0.717, 1.165) is 30.9 Å². The third-order valence-electron chi connectivity index (χ3n) is 3.26. The third-order valence-corrected chi connectivity index (χ3v) is 3.26. The van der Waals surface area contributed by atoms with Crippen LogP contribution < -0.4 is 5.32 Å². The smallest absolute Gasteiger partial charge is 0.182 e. The van der Waals surface area contributed by atoms with E-state index in [1.165, 1.54) is 25.6 Å². The molecule has 3 heterocycles. The molecule has 0 bridgehead atoms. The Balaban J connectivity index is 1.57. The fraction of sp³-hybridized carbons (Fsp3) is 0.583. The molecule has 0 amide bonds. The number of H-pyrrole nitrogens is 1. The highest BCUT2D eigenvalue weighted by Crippen LogP contribution is 2.17. The summed E-state index contributed by atoms with van der Waals surface area (Å²) in [6, 6.07) is 0. The standard InChI is InChI=1S/C12H17N5O/c1-2-6-18-9(3-1)4-5-13-11-10-12(15-7-14-10)17-8-16-11/h7-9H,1-6H2,(H2,13,14,15,16,17). The van der Waals surface area contributed by atoms with Crippen LogP contribution in [0.15, 0.2) is 12.7 Å². The Bertz CT molecular complexity index is 506. The Morgan fingerprint density at radius 1 is 1.33 bits per heavy atom. The van der Waals surface area contributed by atoms with Crippen molar-refractivity contribution in [1.82, 2.24) is 19.9 Å². The van der Waals surface area contributed by atoms with Crippen LogP contribution in [-0.4, -0.2) is 39.2 Å². The van der Waals surface area contributed by atoms with Crippen molar-refractivity contribution >= 4 is 17.0 Å². The number of aromatic nitrogens is 4. The molecule has 6 nitrogen and oxygen atoms in total. The number of hydrogen-bond donors (Lipinski definition) is 2. The summed E-state index contributed by atoms with van der Waals surface area (Å²) in [6.45, 7) is 1.76. The highest BCUT2D eigenvalue weighted by atomic mass is 16.5. The average Bonchev–Trinajstić information content (AvgIpc) is 2.89. The summed E-state index contributed by atoms with van der Waals surface area (Å²) in [5, 5.41) is 3.32. The van der Waals surface area contributed by atoms with E-state index in [1.807, 2.05) is 0 Å². The summed E-state index contributed by atoms with van der Waals surface area (Å²) in [5.41, 5.74) is 1.56. The van der Waals surface area contributed by atoms with Crippen LogP contribution in [0.4, 0.5) is 5.82 Å². The van der Waals surface area contributed by atoms with E-state index >= 15 is 0 Å². The van der Waals surface area contributed by atoms with Crippen molar-refractivity contribution < 1.29 is 4.74 Å². The molecular weight excluding hydrogens is 230 g/mol. The maximum Gasteiger partial charge on any atom is 0.182 e. The molecule has 2 aromatic heterocycles. The van der Waals surface area contributed by atoms with Gasteiger partial charge in [0.2, 0.25) is 0 Å². The van der Waals surface area contributed by atoms with Crippen LogP contribution in [0.2, 0.25) is 0 Å². The van der Waals surface area contributed by atoms with E-state index in [9.17, 15) is 0 Å². The number of aromatic amines is 1. The molecule has 3 rings (SSSR count). The highest BCUT2D eigenvalue weighted by molar-refractivity contribution is 5.81. The molecule has 6 heteroatoms. The number of ether oxygens (including phenoxy) is 1. The van der Waals surface area contributed by atoms with E-state index in [0.29, 0.717) is 11.8 Å². The zero-order valence-corrected chi connectivity index (χ0v) is 10.2. The molecule has 1 fully saturated rings. The topological polar surface area (TPSA) is 75.7 Å². The van der Waals surface area contributed by atoms with Crippen LogP contribution in [0.5, 0.6) is 0 Å². The monoisotopic (exact) mass is 247 g/mol. The van der Waals surface area contributed by atoms with E-state index in [-0.39, 0.29) is 0 Å². The normalized spacial score (nSPS) is 20.1. The van der Waals surface area contributed by atoms with Gasteiger partial charge in [0, 0.05) is 13.2 Å². The quantitative estimate of drug-likeness (QED) is 0.860. The molecule has 2 N–H and O–H groups in total. The lowest BCUT2D eigenvalue weighted by molar-refractivity contribution is 0.0134. The molecule has 0 aromatic carbocycles. The largest absolute Gasteiger partial charge is 0.378 e. The lowest BCUT2D eigenvalue weighted by Crippen LogP contribution is -2.22. The number of anilines is 1. The summed E-state index contributed by atoms with van der Waals surface area (Å²) in [4.78, 5) is 15.5. The van der Waals surface area contributed by atoms with Gasteiger partial charge in [-0.1, -0.05) is 0 Å². The minimum absolute atomic E-state index is 0.394. The molecule has 1 aliphatic rings. The summed E-state index contributed by atoms with van der Waals surface area (Å²) < 4.78 is 5.70. The van der Waals surface area contributed by atoms with Crippen LogP contribution in [0.1, 0.15) is 25.7 Å². The number of nitrogens with one attached hydrogen (secondary N) is 2. The molecule has 1 unspecified atom stereocenters. The van der Waals surface area contributed by atoms with Gasteiger partial charge in [-0.25, -0.2) is 15.0 Å². The first-order valence-electron chi connectivity index (χ1n) is 6.43. The molecule has 1 aliphatic heterocycles. The average molecular weight is 247 g/mol. The van der Waals surface area contributed by atoms with Crippen molar-refractivity contribution in [3.63, 3.8) is 0 Å². The van der Waals surface area contributed by atoms with E-state index in [1.54, 1.807) is 6.33 Å². The number of rotatable bonds is 4. The van der Waals surface area contributed by atoms with E-state index in [2.05, 4.69) is 25.3 Å². The van der Waals surface area contributed by atoms with Gasteiger partial charge in [-0.05, 0) is 25.7 Å². The fourth-order valence-corrected chi connectivity index (χ4v) is 2.29. The molecule has 0 radical (unpaired) electrons. The Morgan fingerprint density at radius 2 is 2.33 bits per heavy atom. The van der Waals surface area contributed by atoms with E-state index in [4.69, 9.17) is 4.74 Å². The van der Waals surface area contributed by atoms with Crippen LogP contribution >= 0.6 is 0 Å². The second-order valence-electron chi connectivity index (χ2n) is 4.53. The minimum Gasteiger partial charge on any atom is -0.378 e.